The summed E-state index contributed by atoms with van der Waals surface area (Å²) >= 11 is 1.60. The lowest BCUT2D eigenvalue weighted by Crippen LogP contribution is -2.13. The molecule has 0 aliphatic heterocycles. The number of fused-ring (bicyclic) bond motifs is 1. The molecule has 1 aromatic carbocycles. The zero-order valence-electron chi connectivity index (χ0n) is 10.2. The lowest BCUT2D eigenvalue weighted by molar-refractivity contribution is -0.115. The highest BCUT2D eigenvalue weighted by Crippen LogP contribution is 2.18. The van der Waals surface area contributed by atoms with Crippen molar-refractivity contribution < 1.29 is 4.79 Å². The molecule has 2 heterocycles. The third-order valence-electron chi connectivity index (χ3n) is 2.87. The molecule has 0 fully saturated rings. The maximum Gasteiger partial charge on any atom is 0.228 e. The van der Waals surface area contributed by atoms with Crippen LogP contribution in [-0.2, 0) is 11.2 Å². The molecule has 3 rings (SSSR count). The van der Waals surface area contributed by atoms with E-state index in [1.165, 1.54) is 0 Å². The average Bonchev–Trinajstić information content (AvgIpc) is 2.91. The number of carbonyl (C=O) groups excluding carboxylic acids is 1. The van der Waals surface area contributed by atoms with Gasteiger partial charge in [0.2, 0.25) is 5.91 Å². The minimum absolute atomic E-state index is 0.00630. The highest BCUT2D eigenvalue weighted by molar-refractivity contribution is 7.08. The van der Waals surface area contributed by atoms with Crippen molar-refractivity contribution in [1.82, 2.24) is 4.98 Å². The molecule has 0 spiro atoms. The quantitative estimate of drug-likeness (QED) is 0.790. The molecule has 0 radical (unpaired) electrons. The second-order valence-electron chi connectivity index (χ2n) is 4.29. The van der Waals surface area contributed by atoms with Crippen LogP contribution in [-0.4, -0.2) is 10.9 Å². The SMILES string of the molecule is O=C(Cc1ccsc1)Nc1ccc2cnccc2c1. The van der Waals surface area contributed by atoms with E-state index in [2.05, 4.69) is 10.3 Å². The smallest absolute Gasteiger partial charge is 0.228 e. The Bertz CT molecular complexity index is 707. The highest BCUT2D eigenvalue weighted by Gasteiger charge is 2.05. The van der Waals surface area contributed by atoms with Crippen LogP contribution in [0.25, 0.3) is 10.8 Å². The molecule has 0 aliphatic carbocycles. The first-order chi connectivity index (χ1) is 9.31. The summed E-state index contributed by atoms with van der Waals surface area (Å²) in [4.78, 5) is 16.0. The van der Waals surface area contributed by atoms with Crippen molar-refractivity contribution in [3.8, 4) is 0 Å². The van der Waals surface area contributed by atoms with Crippen molar-refractivity contribution in [3.63, 3.8) is 0 Å². The van der Waals surface area contributed by atoms with E-state index in [1.54, 1.807) is 17.5 Å². The standard InChI is InChI=1S/C15H12N2OS/c18-15(7-11-4-6-19-10-11)17-14-2-1-13-9-16-5-3-12(13)8-14/h1-6,8-10H,7H2,(H,17,18). The van der Waals surface area contributed by atoms with Gasteiger partial charge in [0.1, 0.15) is 0 Å². The van der Waals surface area contributed by atoms with E-state index in [0.29, 0.717) is 6.42 Å². The third-order valence-corrected chi connectivity index (χ3v) is 3.60. The summed E-state index contributed by atoms with van der Waals surface area (Å²) in [6, 6.07) is 9.72. The molecular weight excluding hydrogens is 256 g/mol. The fourth-order valence-corrected chi connectivity index (χ4v) is 2.61. The van der Waals surface area contributed by atoms with Crippen LogP contribution in [0.1, 0.15) is 5.56 Å². The van der Waals surface area contributed by atoms with Gasteiger partial charge in [0.15, 0.2) is 0 Å². The van der Waals surface area contributed by atoms with E-state index in [9.17, 15) is 4.79 Å². The van der Waals surface area contributed by atoms with Crippen LogP contribution >= 0.6 is 11.3 Å². The van der Waals surface area contributed by atoms with E-state index in [0.717, 1.165) is 22.0 Å². The van der Waals surface area contributed by atoms with Crippen LogP contribution in [0.15, 0.2) is 53.5 Å². The van der Waals surface area contributed by atoms with E-state index < -0.39 is 0 Å². The van der Waals surface area contributed by atoms with E-state index in [-0.39, 0.29) is 5.91 Å². The Morgan fingerprint density at radius 3 is 3.00 bits per heavy atom. The molecule has 2 aromatic heterocycles. The van der Waals surface area contributed by atoms with Gasteiger partial charge in [-0.05, 0) is 46.0 Å². The molecule has 3 aromatic rings. The van der Waals surface area contributed by atoms with E-state index in [4.69, 9.17) is 0 Å². The van der Waals surface area contributed by atoms with Gasteiger partial charge < -0.3 is 5.32 Å². The molecule has 4 heteroatoms. The molecule has 94 valence electrons. The Balaban J connectivity index is 1.75. The van der Waals surface area contributed by atoms with Crippen LogP contribution in [0.2, 0.25) is 0 Å². The van der Waals surface area contributed by atoms with E-state index >= 15 is 0 Å². The van der Waals surface area contributed by atoms with Crippen molar-refractivity contribution in [2.24, 2.45) is 0 Å². The number of nitrogens with zero attached hydrogens (tertiary/aromatic N) is 1. The second kappa shape index (κ2) is 5.20. The van der Waals surface area contributed by atoms with Crippen LogP contribution in [0.4, 0.5) is 5.69 Å². The van der Waals surface area contributed by atoms with Crippen LogP contribution in [0.3, 0.4) is 0 Å². The van der Waals surface area contributed by atoms with Crippen molar-refractivity contribution >= 4 is 33.7 Å². The lowest BCUT2D eigenvalue weighted by atomic mass is 10.1. The Morgan fingerprint density at radius 2 is 2.16 bits per heavy atom. The zero-order chi connectivity index (χ0) is 13.1. The van der Waals surface area contributed by atoms with Gasteiger partial charge >= 0.3 is 0 Å². The Kier molecular flexibility index (Phi) is 3.25. The number of benzene rings is 1. The van der Waals surface area contributed by atoms with Gasteiger partial charge in [-0.25, -0.2) is 0 Å². The van der Waals surface area contributed by atoms with Gasteiger partial charge in [-0.2, -0.15) is 11.3 Å². The highest BCUT2D eigenvalue weighted by atomic mass is 32.1. The number of carbonyl (C=O) groups is 1. The maximum absolute atomic E-state index is 11.9. The van der Waals surface area contributed by atoms with Gasteiger partial charge in [0.05, 0.1) is 6.42 Å². The van der Waals surface area contributed by atoms with Gasteiger partial charge in [-0.3, -0.25) is 9.78 Å². The summed E-state index contributed by atoms with van der Waals surface area (Å²) in [6.45, 7) is 0. The minimum atomic E-state index is 0.00630. The predicted octanol–water partition coefficient (Wildman–Crippen LogP) is 3.48. The van der Waals surface area contributed by atoms with Crippen LogP contribution in [0, 0.1) is 0 Å². The number of aromatic nitrogens is 1. The van der Waals surface area contributed by atoms with Crippen LogP contribution in [0.5, 0.6) is 0 Å². The predicted molar refractivity (Wildman–Crippen MR) is 78.4 cm³/mol. The first kappa shape index (κ1) is 11.9. The Morgan fingerprint density at radius 1 is 1.21 bits per heavy atom. The van der Waals surface area contributed by atoms with Crippen LogP contribution < -0.4 is 5.32 Å². The number of pyridine rings is 1. The first-order valence-corrected chi connectivity index (χ1v) is 6.90. The number of amides is 1. The fraction of sp³-hybridized carbons (Fsp3) is 0.0667. The maximum atomic E-state index is 11.9. The molecule has 0 aliphatic rings. The first-order valence-electron chi connectivity index (χ1n) is 5.96. The minimum Gasteiger partial charge on any atom is -0.326 e. The summed E-state index contributed by atoms with van der Waals surface area (Å²) in [7, 11) is 0. The van der Waals surface area contributed by atoms with Crippen molar-refractivity contribution in [3.05, 3.63) is 59.0 Å². The number of rotatable bonds is 3. The lowest BCUT2D eigenvalue weighted by Gasteiger charge is -2.05. The summed E-state index contributed by atoms with van der Waals surface area (Å²) in [5.41, 5.74) is 1.87. The summed E-state index contributed by atoms with van der Waals surface area (Å²) < 4.78 is 0. The molecule has 0 atom stereocenters. The molecule has 1 N–H and O–H groups in total. The molecular formula is C15H12N2OS. The van der Waals surface area contributed by atoms with Crippen molar-refractivity contribution in [2.75, 3.05) is 5.32 Å². The number of hydrogen-bond acceptors (Lipinski definition) is 3. The second-order valence-corrected chi connectivity index (χ2v) is 5.07. The summed E-state index contributed by atoms with van der Waals surface area (Å²) in [5, 5.41) is 9.03. The van der Waals surface area contributed by atoms with Gasteiger partial charge in [-0.1, -0.05) is 6.07 Å². The molecule has 0 saturated heterocycles. The van der Waals surface area contributed by atoms with Gasteiger partial charge in [0.25, 0.3) is 0 Å². The monoisotopic (exact) mass is 268 g/mol. The Labute approximate surface area is 114 Å². The number of nitrogens with one attached hydrogen (secondary N) is 1. The van der Waals surface area contributed by atoms with Gasteiger partial charge in [0, 0.05) is 23.5 Å². The largest absolute Gasteiger partial charge is 0.326 e. The zero-order valence-corrected chi connectivity index (χ0v) is 11.0. The number of thiophene rings is 1. The summed E-state index contributed by atoms with van der Waals surface area (Å²) in [5.74, 6) is 0.00630. The van der Waals surface area contributed by atoms with Crippen molar-refractivity contribution in [1.29, 1.82) is 0 Å². The molecule has 0 unspecified atom stereocenters. The third kappa shape index (κ3) is 2.80. The molecule has 0 bridgehead atoms. The normalized spacial score (nSPS) is 10.5. The Hall–Kier alpha value is -2.20. The molecule has 19 heavy (non-hydrogen) atoms. The number of anilines is 1. The molecule has 3 nitrogen and oxygen atoms in total. The number of hydrogen-bond donors (Lipinski definition) is 1. The van der Waals surface area contributed by atoms with E-state index in [1.807, 2.05) is 47.3 Å². The van der Waals surface area contributed by atoms with Crippen molar-refractivity contribution in [2.45, 2.75) is 6.42 Å². The summed E-state index contributed by atoms with van der Waals surface area (Å²) in [6.07, 6.45) is 3.98. The fourth-order valence-electron chi connectivity index (χ4n) is 1.94. The average molecular weight is 268 g/mol. The topological polar surface area (TPSA) is 42.0 Å². The molecule has 1 amide bonds. The van der Waals surface area contributed by atoms with Gasteiger partial charge in [-0.15, -0.1) is 0 Å². The molecule has 0 saturated carbocycles.